The van der Waals surface area contributed by atoms with Gasteiger partial charge in [-0.1, -0.05) is 29.3 Å². The van der Waals surface area contributed by atoms with E-state index in [2.05, 4.69) is 37.2 Å². The first-order chi connectivity index (χ1) is 9.52. The van der Waals surface area contributed by atoms with Gasteiger partial charge in [-0.05, 0) is 61.7 Å². The molecule has 2 aromatic rings. The Morgan fingerprint density at radius 3 is 2.15 bits per heavy atom. The van der Waals surface area contributed by atoms with Crippen molar-refractivity contribution in [2.75, 3.05) is 12.4 Å². The lowest BCUT2D eigenvalue weighted by Crippen LogP contribution is -2.01. The highest BCUT2D eigenvalue weighted by atomic mass is 79.9. The van der Waals surface area contributed by atoms with Crippen LogP contribution in [0.2, 0.25) is 10.0 Å². The molecule has 0 spiro atoms. The van der Waals surface area contributed by atoms with Crippen molar-refractivity contribution in [3.63, 3.8) is 0 Å². The molecule has 0 saturated carbocycles. The van der Waals surface area contributed by atoms with Crippen molar-refractivity contribution in [2.24, 2.45) is 0 Å². The molecule has 0 aliphatic rings. The fourth-order valence-corrected chi connectivity index (χ4v) is 3.90. The molecular weight excluding hydrogens is 429 g/mol. The Morgan fingerprint density at radius 2 is 1.65 bits per heavy atom. The van der Waals surface area contributed by atoms with Gasteiger partial charge in [0, 0.05) is 6.54 Å². The van der Waals surface area contributed by atoms with Gasteiger partial charge in [-0.15, -0.1) is 0 Å². The van der Waals surface area contributed by atoms with Gasteiger partial charge in [-0.2, -0.15) is 0 Å². The molecule has 0 radical (unpaired) electrons. The largest absolute Gasteiger partial charge is 0.494 e. The van der Waals surface area contributed by atoms with Crippen LogP contribution in [0.4, 0.5) is 5.69 Å². The average molecular weight is 440 g/mol. The Morgan fingerprint density at radius 1 is 1.10 bits per heavy atom. The Labute approximate surface area is 144 Å². The molecule has 0 atom stereocenters. The summed E-state index contributed by atoms with van der Waals surface area (Å²) < 4.78 is 7.05. The van der Waals surface area contributed by atoms with Crippen LogP contribution < -0.4 is 10.1 Å². The molecule has 2 rings (SSSR count). The number of benzene rings is 2. The van der Waals surface area contributed by atoms with E-state index in [-0.39, 0.29) is 0 Å². The first-order valence-electron chi connectivity index (χ1n) is 5.72. The highest BCUT2D eigenvalue weighted by molar-refractivity contribution is 9.11. The highest BCUT2D eigenvalue weighted by Crippen LogP contribution is 2.35. The second kappa shape index (κ2) is 7.03. The minimum absolute atomic E-state index is 0.601. The smallest absolute Gasteiger partial charge is 0.147 e. The number of anilines is 1. The van der Waals surface area contributed by atoms with Crippen molar-refractivity contribution in [1.29, 1.82) is 0 Å². The van der Waals surface area contributed by atoms with Crippen molar-refractivity contribution in [3.8, 4) is 5.75 Å². The van der Waals surface area contributed by atoms with Crippen LogP contribution in [0.1, 0.15) is 5.56 Å². The van der Waals surface area contributed by atoms with E-state index in [9.17, 15) is 0 Å². The Bertz CT molecular complexity index is 591. The number of halogens is 4. The topological polar surface area (TPSA) is 21.3 Å². The summed E-state index contributed by atoms with van der Waals surface area (Å²) in [6.45, 7) is 0.602. The van der Waals surface area contributed by atoms with Crippen LogP contribution in [0.3, 0.4) is 0 Å². The van der Waals surface area contributed by atoms with Crippen molar-refractivity contribution in [3.05, 3.63) is 54.9 Å². The summed E-state index contributed by atoms with van der Waals surface area (Å²) in [4.78, 5) is 0. The number of nitrogens with one attached hydrogen (secondary N) is 1. The molecule has 0 bridgehead atoms. The van der Waals surface area contributed by atoms with Gasteiger partial charge in [0.2, 0.25) is 0 Å². The molecule has 2 nitrogen and oxygen atoms in total. The third kappa shape index (κ3) is 3.61. The molecule has 1 N–H and O–H groups in total. The lowest BCUT2D eigenvalue weighted by atomic mass is 10.2. The zero-order chi connectivity index (χ0) is 14.7. The average Bonchev–Trinajstić information content (AvgIpc) is 2.38. The fraction of sp³-hybridized carbons (Fsp3) is 0.143. The third-order valence-electron chi connectivity index (χ3n) is 2.69. The molecule has 0 saturated heterocycles. The van der Waals surface area contributed by atoms with Gasteiger partial charge in [0.05, 0.1) is 31.8 Å². The van der Waals surface area contributed by atoms with E-state index < -0.39 is 0 Å². The van der Waals surface area contributed by atoms with Crippen LogP contribution in [-0.4, -0.2) is 7.11 Å². The quantitative estimate of drug-likeness (QED) is 0.617. The van der Waals surface area contributed by atoms with E-state index in [0.29, 0.717) is 16.6 Å². The standard InChI is InChI=1S/C14H11Br2Cl2NO/c1-20-14-9(15)5-8(6-10(14)16)7-19-13-11(17)3-2-4-12(13)18/h2-6,19H,7H2,1H3. The molecule has 0 aliphatic heterocycles. The number of para-hydroxylation sites is 1. The van der Waals surface area contributed by atoms with Crippen molar-refractivity contribution < 1.29 is 4.74 Å². The molecule has 0 unspecified atom stereocenters. The summed E-state index contributed by atoms with van der Waals surface area (Å²) in [6, 6.07) is 9.39. The van der Waals surface area contributed by atoms with E-state index in [4.69, 9.17) is 27.9 Å². The molecule has 0 aliphatic carbocycles. The lowest BCUT2D eigenvalue weighted by molar-refractivity contribution is 0.409. The molecular formula is C14H11Br2Cl2NO. The molecule has 0 aromatic heterocycles. The summed E-state index contributed by atoms with van der Waals surface area (Å²) in [5, 5.41) is 4.45. The number of hydrogen-bond acceptors (Lipinski definition) is 2. The van der Waals surface area contributed by atoms with Gasteiger partial charge < -0.3 is 10.1 Å². The van der Waals surface area contributed by atoms with Crippen LogP contribution in [0.25, 0.3) is 0 Å². The monoisotopic (exact) mass is 437 g/mol. The molecule has 0 heterocycles. The van der Waals surface area contributed by atoms with Crippen molar-refractivity contribution in [2.45, 2.75) is 6.54 Å². The second-order valence-corrected chi connectivity index (χ2v) is 6.57. The van der Waals surface area contributed by atoms with Gasteiger partial charge in [-0.25, -0.2) is 0 Å². The van der Waals surface area contributed by atoms with Crippen LogP contribution in [-0.2, 0) is 6.54 Å². The van der Waals surface area contributed by atoms with E-state index in [1.54, 1.807) is 19.2 Å². The maximum absolute atomic E-state index is 6.12. The van der Waals surface area contributed by atoms with Gasteiger partial charge in [0.15, 0.2) is 0 Å². The summed E-state index contributed by atoms with van der Waals surface area (Å²) in [5.74, 6) is 0.768. The zero-order valence-corrected chi connectivity index (χ0v) is 15.2. The minimum Gasteiger partial charge on any atom is -0.494 e. The SMILES string of the molecule is COc1c(Br)cc(CNc2c(Cl)cccc2Cl)cc1Br. The fourth-order valence-electron chi connectivity index (χ4n) is 1.77. The normalized spacial score (nSPS) is 10.4. The van der Waals surface area contributed by atoms with Gasteiger partial charge in [0.25, 0.3) is 0 Å². The van der Waals surface area contributed by atoms with Crippen LogP contribution in [0.15, 0.2) is 39.3 Å². The van der Waals surface area contributed by atoms with Gasteiger partial charge >= 0.3 is 0 Å². The number of methoxy groups -OCH3 is 1. The van der Waals surface area contributed by atoms with Gasteiger partial charge in [0.1, 0.15) is 5.75 Å². The van der Waals surface area contributed by atoms with Crippen molar-refractivity contribution >= 4 is 60.7 Å². The molecule has 106 valence electrons. The third-order valence-corrected chi connectivity index (χ3v) is 4.50. The summed E-state index contributed by atoms with van der Waals surface area (Å²) in [5.41, 5.74) is 1.81. The van der Waals surface area contributed by atoms with Gasteiger partial charge in [-0.3, -0.25) is 0 Å². The summed E-state index contributed by atoms with van der Waals surface area (Å²) in [7, 11) is 1.63. The Balaban J connectivity index is 2.20. The highest BCUT2D eigenvalue weighted by Gasteiger charge is 2.09. The predicted octanol–water partition coefficient (Wildman–Crippen LogP) is 6.14. The minimum atomic E-state index is 0.601. The van der Waals surface area contributed by atoms with E-state index in [1.807, 2.05) is 18.2 Å². The lowest BCUT2D eigenvalue weighted by Gasteiger charge is -2.12. The summed E-state index contributed by atoms with van der Waals surface area (Å²) in [6.07, 6.45) is 0. The molecule has 6 heteroatoms. The maximum atomic E-state index is 6.12. The molecule has 0 amide bonds. The number of hydrogen-bond donors (Lipinski definition) is 1. The zero-order valence-electron chi connectivity index (χ0n) is 10.5. The number of rotatable bonds is 4. The first-order valence-corrected chi connectivity index (χ1v) is 8.07. The predicted molar refractivity (Wildman–Crippen MR) is 92.2 cm³/mol. The summed E-state index contributed by atoms with van der Waals surface area (Å²) >= 11 is 19.2. The molecule has 2 aromatic carbocycles. The second-order valence-electron chi connectivity index (χ2n) is 4.04. The van der Waals surface area contributed by atoms with E-state index in [0.717, 1.165) is 25.9 Å². The molecule has 0 fully saturated rings. The van der Waals surface area contributed by atoms with Crippen LogP contribution >= 0.6 is 55.1 Å². The molecule has 20 heavy (non-hydrogen) atoms. The van der Waals surface area contributed by atoms with Crippen LogP contribution in [0, 0.1) is 0 Å². The van der Waals surface area contributed by atoms with Crippen LogP contribution in [0.5, 0.6) is 5.75 Å². The maximum Gasteiger partial charge on any atom is 0.147 e. The van der Waals surface area contributed by atoms with E-state index >= 15 is 0 Å². The van der Waals surface area contributed by atoms with E-state index in [1.165, 1.54) is 0 Å². The Kier molecular flexibility index (Phi) is 5.61. The first kappa shape index (κ1) is 16.0. The van der Waals surface area contributed by atoms with Crippen molar-refractivity contribution in [1.82, 2.24) is 0 Å². The number of ether oxygens (including phenoxy) is 1. The Hall–Kier alpha value is -0.420.